The molecule has 0 N–H and O–H groups in total. The van der Waals surface area contributed by atoms with Gasteiger partial charge in [0.05, 0.1) is 32.8 Å². The Balaban J connectivity index is 2.21. The monoisotopic (exact) mass is 383 g/mol. The van der Waals surface area contributed by atoms with Crippen molar-refractivity contribution < 1.29 is 21.8 Å². The molecule has 1 unspecified atom stereocenters. The second-order valence-electron chi connectivity index (χ2n) is 5.56. The number of aromatic nitrogens is 3. The summed E-state index contributed by atoms with van der Waals surface area (Å²) in [5.41, 5.74) is -0.0704. The van der Waals surface area contributed by atoms with E-state index < -0.39 is 28.5 Å². The lowest BCUT2D eigenvalue weighted by Gasteiger charge is -2.09. The van der Waals surface area contributed by atoms with Gasteiger partial charge in [0, 0.05) is 18.0 Å². The van der Waals surface area contributed by atoms with Gasteiger partial charge in [-0.1, -0.05) is 6.07 Å². The average Bonchev–Trinajstić information content (AvgIpc) is 3.00. The van der Waals surface area contributed by atoms with Gasteiger partial charge in [0.25, 0.3) is 0 Å². The minimum Gasteiger partial charge on any atom is -0.255 e. The first-order chi connectivity index (χ1) is 12.2. The highest BCUT2D eigenvalue weighted by atomic mass is 32.2. The Labute approximate surface area is 149 Å². The molecule has 26 heavy (non-hydrogen) atoms. The Morgan fingerprint density at radius 2 is 1.85 bits per heavy atom. The number of rotatable bonds is 3. The maximum absolute atomic E-state index is 14.2. The van der Waals surface area contributed by atoms with Gasteiger partial charge in [-0.15, -0.1) is 0 Å². The van der Waals surface area contributed by atoms with Gasteiger partial charge in [-0.2, -0.15) is 18.3 Å². The molecule has 0 aliphatic rings. The van der Waals surface area contributed by atoms with Crippen LogP contribution in [0, 0.1) is 12.7 Å². The summed E-state index contributed by atoms with van der Waals surface area (Å²) < 4.78 is 66.0. The molecule has 0 aliphatic heterocycles. The number of pyridine rings is 1. The average molecular weight is 383 g/mol. The number of nitrogens with zero attached hydrogens (tertiary/aromatic N) is 3. The molecule has 3 aromatic rings. The summed E-state index contributed by atoms with van der Waals surface area (Å²) in [5.74, 6) is -0.782. The van der Waals surface area contributed by atoms with Crippen molar-refractivity contribution >= 4 is 10.8 Å². The van der Waals surface area contributed by atoms with Gasteiger partial charge >= 0.3 is 6.18 Å². The van der Waals surface area contributed by atoms with Gasteiger partial charge in [0.1, 0.15) is 5.82 Å². The number of alkyl halides is 3. The third-order valence-electron chi connectivity index (χ3n) is 3.62. The summed E-state index contributed by atoms with van der Waals surface area (Å²) in [6.07, 6.45) is -3.34. The van der Waals surface area contributed by atoms with Gasteiger partial charge in [0.15, 0.2) is 5.69 Å². The third kappa shape index (κ3) is 3.52. The standard InChI is InChI=1S/C17H13F4N3OS/c1-10-4-3-5-13(22-10)14-9-16(17(19,20)21)23-24(14)11-6-7-15(26(2)25)12(18)8-11/h3-9H,1-2H3. The molecule has 2 aromatic heterocycles. The summed E-state index contributed by atoms with van der Waals surface area (Å²) in [4.78, 5) is 4.19. The van der Waals surface area contributed by atoms with Crippen LogP contribution in [0.5, 0.6) is 0 Å². The Morgan fingerprint density at radius 3 is 2.42 bits per heavy atom. The molecule has 3 rings (SSSR count). The molecule has 0 bridgehead atoms. The van der Waals surface area contributed by atoms with Crippen LogP contribution in [0.15, 0.2) is 47.4 Å². The molecule has 2 heterocycles. The van der Waals surface area contributed by atoms with Crippen LogP contribution >= 0.6 is 0 Å². The fraction of sp³-hybridized carbons (Fsp3) is 0.176. The maximum atomic E-state index is 14.2. The predicted octanol–water partition coefficient (Wildman–Crippen LogP) is 4.14. The first kappa shape index (κ1) is 18.2. The summed E-state index contributed by atoms with van der Waals surface area (Å²) >= 11 is 0. The fourth-order valence-electron chi connectivity index (χ4n) is 2.44. The lowest BCUT2D eigenvalue weighted by Crippen LogP contribution is -2.08. The second-order valence-corrected chi connectivity index (χ2v) is 6.91. The topological polar surface area (TPSA) is 47.8 Å². The zero-order valence-electron chi connectivity index (χ0n) is 13.7. The lowest BCUT2D eigenvalue weighted by molar-refractivity contribution is -0.141. The fourth-order valence-corrected chi connectivity index (χ4v) is 3.03. The van der Waals surface area contributed by atoms with Gasteiger partial charge < -0.3 is 0 Å². The molecule has 0 aliphatic carbocycles. The lowest BCUT2D eigenvalue weighted by atomic mass is 10.2. The molecule has 0 saturated carbocycles. The highest BCUT2D eigenvalue weighted by Gasteiger charge is 2.35. The highest BCUT2D eigenvalue weighted by molar-refractivity contribution is 7.84. The van der Waals surface area contributed by atoms with Crippen molar-refractivity contribution in [3.05, 3.63) is 59.7 Å². The van der Waals surface area contributed by atoms with E-state index in [-0.39, 0.29) is 22.0 Å². The molecule has 136 valence electrons. The van der Waals surface area contributed by atoms with E-state index in [9.17, 15) is 21.8 Å². The Hall–Kier alpha value is -2.55. The molecule has 0 spiro atoms. The Kier molecular flexibility index (Phi) is 4.66. The zero-order chi connectivity index (χ0) is 19.1. The number of hydrogen-bond donors (Lipinski definition) is 0. The number of hydrogen-bond acceptors (Lipinski definition) is 3. The molecule has 1 aromatic carbocycles. The van der Waals surface area contributed by atoms with Crippen LogP contribution in [0.2, 0.25) is 0 Å². The van der Waals surface area contributed by atoms with Crippen LogP contribution in [-0.2, 0) is 17.0 Å². The Morgan fingerprint density at radius 1 is 1.12 bits per heavy atom. The second kappa shape index (κ2) is 6.64. The van der Waals surface area contributed by atoms with E-state index in [1.165, 1.54) is 18.4 Å². The minimum atomic E-state index is -4.66. The van der Waals surface area contributed by atoms with Crippen molar-refractivity contribution in [1.29, 1.82) is 0 Å². The van der Waals surface area contributed by atoms with Crippen LogP contribution in [0.4, 0.5) is 17.6 Å². The van der Waals surface area contributed by atoms with E-state index in [0.717, 1.165) is 16.8 Å². The molecule has 1 atom stereocenters. The Bertz CT molecular complexity index is 998. The molecular weight excluding hydrogens is 370 g/mol. The normalized spacial score (nSPS) is 13.0. The zero-order valence-corrected chi connectivity index (χ0v) is 14.5. The van der Waals surface area contributed by atoms with E-state index in [2.05, 4.69) is 10.1 Å². The minimum absolute atomic E-state index is 0.0350. The molecular formula is C17H13F4N3OS. The molecule has 0 radical (unpaired) electrons. The summed E-state index contributed by atoms with van der Waals surface area (Å²) in [6.45, 7) is 1.71. The van der Waals surface area contributed by atoms with Crippen LogP contribution in [0.3, 0.4) is 0 Å². The number of benzene rings is 1. The van der Waals surface area contributed by atoms with Gasteiger partial charge in [-0.25, -0.2) is 9.07 Å². The van der Waals surface area contributed by atoms with Gasteiger partial charge in [-0.3, -0.25) is 9.19 Å². The van der Waals surface area contributed by atoms with Crippen molar-refractivity contribution in [2.24, 2.45) is 0 Å². The largest absolute Gasteiger partial charge is 0.435 e. The molecule has 0 amide bonds. The van der Waals surface area contributed by atoms with Crippen LogP contribution in [0.1, 0.15) is 11.4 Å². The predicted molar refractivity (Wildman–Crippen MR) is 88.8 cm³/mol. The quantitative estimate of drug-likeness (QED) is 0.639. The van der Waals surface area contributed by atoms with E-state index in [1.807, 2.05) is 0 Å². The van der Waals surface area contributed by atoms with Crippen molar-refractivity contribution in [3.8, 4) is 17.1 Å². The molecule has 0 saturated heterocycles. The first-order valence-electron chi connectivity index (χ1n) is 7.41. The van der Waals surface area contributed by atoms with E-state index in [4.69, 9.17) is 0 Å². The van der Waals surface area contributed by atoms with Crippen molar-refractivity contribution in [1.82, 2.24) is 14.8 Å². The first-order valence-corrected chi connectivity index (χ1v) is 8.97. The summed E-state index contributed by atoms with van der Waals surface area (Å²) in [6, 6.07) is 9.42. The summed E-state index contributed by atoms with van der Waals surface area (Å²) in [5, 5.41) is 3.58. The van der Waals surface area contributed by atoms with Gasteiger partial charge in [0.2, 0.25) is 0 Å². The van der Waals surface area contributed by atoms with Gasteiger partial charge in [-0.05, 0) is 37.3 Å². The molecule has 0 fully saturated rings. The van der Waals surface area contributed by atoms with Crippen molar-refractivity contribution in [3.63, 3.8) is 0 Å². The van der Waals surface area contributed by atoms with Crippen molar-refractivity contribution in [2.75, 3.05) is 6.26 Å². The third-order valence-corrected chi connectivity index (χ3v) is 4.57. The SMILES string of the molecule is Cc1cccc(-c2cc(C(F)(F)F)nn2-c2ccc(S(C)=O)c(F)c2)n1. The number of aryl methyl sites for hydroxylation is 1. The smallest absolute Gasteiger partial charge is 0.255 e. The van der Waals surface area contributed by atoms with Crippen molar-refractivity contribution in [2.45, 2.75) is 18.0 Å². The molecule has 4 nitrogen and oxygen atoms in total. The maximum Gasteiger partial charge on any atom is 0.435 e. The molecule has 9 heteroatoms. The summed E-state index contributed by atoms with van der Waals surface area (Å²) in [7, 11) is -1.56. The number of halogens is 4. The van der Waals surface area contributed by atoms with E-state index >= 15 is 0 Å². The van der Waals surface area contributed by atoms with Crippen LogP contribution in [0.25, 0.3) is 17.1 Å². The van der Waals surface area contributed by atoms with Crippen LogP contribution < -0.4 is 0 Å². The highest BCUT2D eigenvalue weighted by Crippen LogP contribution is 2.33. The van der Waals surface area contributed by atoms with Crippen LogP contribution in [-0.4, -0.2) is 25.2 Å². The van der Waals surface area contributed by atoms with E-state index in [1.54, 1.807) is 25.1 Å². The van der Waals surface area contributed by atoms with E-state index in [0.29, 0.717) is 5.69 Å².